The Balaban J connectivity index is 2.27. The molecular weight excluding hydrogens is 302 g/mol. The molecule has 0 amide bonds. The number of rotatable bonds is 5. The van der Waals surface area contributed by atoms with Gasteiger partial charge in [0.2, 0.25) is 10.0 Å². The van der Waals surface area contributed by atoms with Crippen LogP contribution in [0.2, 0.25) is 5.02 Å². The monoisotopic (exact) mass is 315 g/mol. The zero-order valence-corrected chi connectivity index (χ0v) is 12.6. The Kier molecular flexibility index (Phi) is 4.37. The third-order valence-electron chi connectivity index (χ3n) is 2.79. The summed E-state index contributed by atoms with van der Waals surface area (Å²) in [5.41, 5.74) is 0. The summed E-state index contributed by atoms with van der Waals surface area (Å²) in [6.45, 7) is 0.152. The predicted molar refractivity (Wildman–Crippen MR) is 75.4 cm³/mol. The highest BCUT2D eigenvalue weighted by atomic mass is 35.5. The molecule has 0 saturated heterocycles. The first-order valence-corrected chi connectivity index (χ1v) is 7.59. The molecule has 0 bridgehead atoms. The molecule has 0 aliphatic heterocycles. The Bertz CT molecular complexity index is 682. The van der Waals surface area contributed by atoms with Gasteiger partial charge in [-0.05, 0) is 30.3 Å². The van der Waals surface area contributed by atoms with Crippen LogP contribution < -0.4 is 4.74 Å². The molecule has 0 N–H and O–H groups in total. The van der Waals surface area contributed by atoms with Crippen molar-refractivity contribution >= 4 is 21.6 Å². The van der Waals surface area contributed by atoms with Gasteiger partial charge in [0.05, 0.1) is 29.8 Å². The van der Waals surface area contributed by atoms with Crippen molar-refractivity contribution in [3.05, 3.63) is 47.4 Å². The Morgan fingerprint density at radius 3 is 2.65 bits per heavy atom. The third kappa shape index (κ3) is 2.98. The highest BCUT2D eigenvalue weighted by Crippen LogP contribution is 2.28. The van der Waals surface area contributed by atoms with E-state index in [2.05, 4.69) is 0 Å². The molecule has 1 heterocycles. The summed E-state index contributed by atoms with van der Waals surface area (Å²) < 4.78 is 36.1. The lowest BCUT2D eigenvalue weighted by Crippen LogP contribution is -2.26. The maximum absolute atomic E-state index is 12.4. The van der Waals surface area contributed by atoms with Crippen LogP contribution >= 0.6 is 11.6 Å². The fourth-order valence-electron chi connectivity index (χ4n) is 1.69. The summed E-state index contributed by atoms with van der Waals surface area (Å²) in [6, 6.07) is 7.77. The number of furan rings is 1. The lowest BCUT2D eigenvalue weighted by molar-refractivity contribution is 0.405. The van der Waals surface area contributed by atoms with E-state index in [9.17, 15) is 8.42 Å². The smallest absolute Gasteiger partial charge is 0.243 e. The van der Waals surface area contributed by atoms with Crippen LogP contribution in [0, 0.1) is 0 Å². The van der Waals surface area contributed by atoms with Crippen molar-refractivity contribution in [1.29, 1.82) is 0 Å². The van der Waals surface area contributed by atoms with Crippen LogP contribution in [-0.2, 0) is 16.6 Å². The van der Waals surface area contributed by atoms with Gasteiger partial charge in [-0.1, -0.05) is 11.6 Å². The third-order valence-corrected chi connectivity index (χ3v) is 4.88. The summed E-state index contributed by atoms with van der Waals surface area (Å²) in [4.78, 5) is 0.109. The van der Waals surface area contributed by atoms with E-state index >= 15 is 0 Å². The van der Waals surface area contributed by atoms with Gasteiger partial charge >= 0.3 is 0 Å². The van der Waals surface area contributed by atoms with Gasteiger partial charge in [0.15, 0.2) is 0 Å². The standard InChI is InChI=1S/C13H14ClNO4S/c1-15(9-10-4-3-7-19-10)20(16,17)11-5-6-13(18-2)12(14)8-11/h3-8H,9H2,1-2H3. The van der Waals surface area contributed by atoms with Gasteiger partial charge in [0.25, 0.3) is 0 Å². The highest BCUT2D eigenvalue weighted by Gasteiger charge is 2.22. The van der Waals surface area contributed by atoms with Gasteiger partial charge in [-0.15, -0.1) is 0 Å². The number of methoxy groups -OCH3 is 1. The average molecular weight is 316 g/mol. The molecule has 7 heteroatoms. The number of halogens is 1. The van der Waals surface area contributed by atoms with Crippen LogP contribution in [0.5, 0.6) is 5.75 Å². The first kappa shape index (κ1) is 14.9. The summed E-state index contributed by atoms with van der Waals surface area (Å²) >= 11 is 5.96. The van der Waals surface area contributed by atoms with Crippen LogP contribution in [0.1, 0.15) is 5.76 Å². The molecule has 0 saturated carbocycles. The topological polar surface area (TPSA) is 59.8 Å². The number of nitrogens with zero attached hydrogens (tertiary/aromatic N) is 1. The molecule has 2 rings (SSSR count). The van der Waals surface area contributed by atoms with Crippen molar-refractivity contribution in [2.45, 2.75) is 11.4 Å². The molecule has 108 valence electrons. The summed E-state index contributed by atoms with van der Waals surface area (Å²) in [5, 5.41) is 0.250. The van der Waals surface area contributed by atoms with Crippen molar-refractivity contribution in [2.75, 3.05) is 14.2 Å². The van der Waals surface area contributed by atoms with E-state index in [0.29, 0.717) is 11.5 Å². The first-order chi connectivity index (χ1) is 9.45. The molecule has 0 aliphatic carbocycles. The average Bonchev–Trinajstić information content (AvgIpc) is 2.91. The highest BCUT2D eigenvalue weighted by molar-refractivity contribution is 7.89. The zero-order chi connectivity index (χ0) is 14.8. The maximum atomic E-state index is 12.4. The van der Waals surface area contributed by atoms with Gasteiger partial charge in [0, 0.05) is 7.05 Å². The molecular formula is C13H14ClNO4S. The molecule has 0 radical (unpaired) electrons. The number of hydrogen-bond donors (Lipinski definition) is 0. The van der Waals surface area contributed by atoms with Crippen molar-refractivity contribution in [3.8, 4) is 5.75 Å². The summed E-state index contributed by atoms with van der Waals surface area (Å²) in [5.74, 6) is 0.995. The second-order valence-corrected chi connectivity index (χ2v) is 6.59. The Labute approximate surface area is 122 Å². The number of sulfonamides is 1. The van der Waals surface area contributed by atoms with Crippen molar-refractivity contribution in [1.82, 2.24) is 4.31 Å². The predicted octanol–water partition coefficient (Wildman–Crippen LogP) is 2.76. The van der Waals surface area contributed by atoms with Gasteiger partial charge in [-0.3, -0.25) is 0 Å². The molecule has 0 aliphatic rings. The fourth-order valence-corrected chi connectivity index (χ4v) is 3.18. The molecule has 0 spiro atoms. The van der Waals surface area contributed by atoms with Crippen LogP contribution in [0.25, 0.3) is 0 Å². The van der Waals surface area contributed by atoms with Gasteiger partial charge in [0.1, 0.15) is 11.5 Å². The van der Waals surface area contributed by atoms with Gasteiger partial charge in [-0.25, -0.2) is 8.42 Å². The maximum Gasteiger partial charge on any atom is 0.243 e. The van der Waals surface area contributed by atoms with Crippen molar-refractivity contribution in [3.63, 3.8) is 0 Å². The quantitative estimate of drug-likeness (QED) is 0.851. The molecule has 1 aromatic heterocycles. The number of hydrogen-bond acceptors (Lipinski definition) is 4. The summed E-state index contributed by atoms with van der Waals surface area (Å²) in [6.07, 6.45) is 1.50. The van der Waals surface area contributed by atoms with E-state index in [0.717, 1.165) is 0 Å². The van der Waals surface area contributed by atoms with Crippen LogP contribution in [0.3, 0.4) is 0 Å². The van der Waals surface area contributed by atoms with E-state index < -0.39 is 10.0 Å². The largest absolute Gasteiger partial charge is 0.495 e. The van der Waals surface area contributed by atoms with Gasteiger partial charge < -0.3 is 9.15 Å². The molecule has 2 aromatic rings. The lowest BCUT2D eigenvalue weighted by atomic mass is 10.3. The molecule has 0 fully saturated rings. The minimum Gasteiger partial charge on any atom is -0.495 e. The zero-order valence-electron chi connectivity index (χ0n) is 11.0. The fraction of sp³-hybridized carbons (Fsp3) is 0.231. The van der Waals surface area contributed by atoms with Gasteiger partial charge in [-0.2, -0.15) is 4.31 Å². The molecule has 5 nitrogen and oxygen atoms in total. The van der Waals surface area contributed by atoms with E-state index in [-0.39, 0.29) is 16.5 Å². The molecule has 20 heavy (non-hydrogen) atoms. The van der Waals surface area contributed by atoms with E-state index in [1.807, 2.05) is 0 Å². The molecule has 1 aromatic carbocycles. The Hall–Kier alpha value is -1.50. The number of ether oxygens (including phenoxy) is 1. The molecule has 0 unspecified atom stereocenters. The second kappa shape index (κ2) is 5.87. The Morgan fingerprint density at radius 1 is 1.35 bits per heavy atom. The summed E-state index contributed by atoms with van der Waals surface area (Å²) in [7, 11) is -0.676. The van der Waals surface area contributed by atoms with Crippen LogP contribution in [0.15, 0.2) is 45.9 Å². The van der Waals surface area contributed by atoms with Crippen LogP contribution in [-0.4, -0.2) is 26.9 Å². The van der Waals surface area contributed by atoms with E-state index in [1.165, 1.54) is 42.9 Å². The van der Waals surface area contributed by atoms with Crippen LogP contribution in [0.4, 0.5) is 0 Å². The first-order valence-electron chi connectivity index (χ1n) is 5.77. The lowest BCUT2D eigenvalue weighted by Gasteiger charge is -2.16. The molecule has 0 atom stereocenters. The van der Waals surface area contributed by atoms with Crippen molar-refractivity contribution < 1.29 is 17.6 Å². The normalized spacial score (nSPS) is 11.8. The minimum atomic E-state index is -3.63. The van der Waals surface area contributed by atoms with Crippen molar-refractivity contribution in [2.24, 2.45) is 0 Å². The minimum absolute atomic E-state index is 0.109. The SMILES string of the molecule is COc1ccc(S(=O)(=O)N(C)Cc2ccco2)cc1Cl. The Morgan fingerprint density at radius 2 is 2.10 bits per heavy atom. The number of benzene rings is 1. The van der Waals surface area contributed by atoms with E-state index in [1.54, 1.807) is 12.1 Å². The van der Waals surface area contributed by atoms with E-state index in [4.69, 9.17) is 20.8 Å². The second-order valence-electron chi connectivity index (χ2n) is 4.14.